The fraction of sp³-hybridized carbons (Fsp3) is 0.533. The molecular formula is C15H20O2. The minimum Gasteiger partial charge on any atom is -0.458 e. The van der Waals surface area contributed by atoms with Crippen molar-refractivity contribution in [2.75, 3.05) is 0 Å². The number of rotatable bonds is 0. The molecule has 2 atom stereocenters. The molecule has 0 radical (unpaired) electrons. The molecule has 0 bridgehead atoms. The monoisotopic (exact) mass is 232 g/mol. The minimum atomic E-state index is -0.210. The molecule has 2 rings (SSSR count). The summed E-state index contributed by atoms with van der Waals surface area (Å²) in [4.78, 5) is 11.6. The van der Waals surface area contributed by atoms with Gasteiger partial charge in [0.25, 0.3) is 0 Å². The molecule has 92 valence electrons. The SMILES string of the molecule is C=C1C(=O)OC2CC(C)=CCC/C(C)=C/CC12. The molecule has 0 saturated carbocycles. The normalized spacial score (nSPS) is 33.3. The van der Waals surface area contributed by atoms with Crippen LogP contribution >= 0.6 is 0 Å². The first-order valence-corrected chi connectivity index (χ1v) is 6.29. The van der Waals surface area contributed by atoms with Gasteiger partial charge in [0.1, 0.15) is 6.10 Å². The lowest BCUT2D eigenvalue weighted by Gasteiger charge is -2.18. The largest absolute Gasteiger partial charge is 0.458 e. The van der Waals surface area contributed by atoms with E-state index >= 15 is 0 Å². The molecule has 1 heterocycles. The van der Waals surface area contributed by atoms with Gasteiger partial charge in [-0.15, -0.1) is 0 Å². The molecule has 0 aromatic carbocycles. The molecule has 17 heavy (non-hydrogen) atoms. The number of fused-ring (bicyclic) bond motifs is 1. The van der Waals surface area contributed by atoms with Crippen LogP contribution in [0.4, 0.5) is 0 Å². The number of carbonyl (C=O) groups excluding carboxylic acids is 1. The number of esters is 1. The van der Waals surface area contributed by atoms with Crippen molar-refractivity contribution in [1.29, 1.82) is 0 Å². The molecule has 0 N–H and O–H groups in total. The highest BCUT2D eigenvalue weighted by molar-refractivity contribution is 5.90. The highest BCUT2D eigenvalue weighted by Crippen LogP contribution is 2.34. The van der Waals surface area contributed by atoms with Crippen molar-refractivity contribution in [3.8, 4) is 0 Å². The van der Waals surface area contributed by atoms with Gasteiger partial charge in [0, 0.05) is 17.9 Å². The van der Waals surface area contributed by atoms with Crippen molar-refractivity contribution in [2.45, 2.75) is 45.6 Å². The summed E-state index contributed by atoms with van der Waals surface area (Å²) >= 11 is 0. The Hall–Kier alpha value is -1.31. The van der Waals surface area contributed by atoms with E-state index in [-0.39, 0.29) is 18.0 Å². The van der Waals surface area contributed by atoms with Crippen molar-refractivity contribution in [2.24, 2.45) is 5.92 Å². The molecule has 0 amide bonds. The van der Waals surface area contributed by atoms with Gasteiger partial charge in [0.05, 0.1) is 0 Å². The van der Waals surface area contributed by atoms with E-state index in [1.807, 2.05) is 0 Å². The maximum absolute atomic E-state index is 11.6. The summed E-state index contributed by atoms with van der Waals surface area (Å²) in [5, 5.41) is 0. The van der Waals surface area contributed by atoms with Crippen LogP contribution in [0.1, 0.15) is 39.5 Å². The number of ether oxygens (including phenoxy) is 1. The van der Waals surface area contributed by atoms with E-state index in [0.717, 1.165) is 25.7 Å². The summed E-state index contributed by atoms with van der Waals surface area (Å²) in [6.45, 7) is 8.14. The van der Waals surface area contributed by atoms with Gasteiger partial charge in [-0.2, -0.15) is 0 Å². The van der Waals surface area contributed by atoms with Crippen LogP contribution in [0.3, 0.4) is 0 Å². The third kappa shape index (κ3) is 2.68. The first-order chi connectivity index (χ1) is 8.08. The van der Waals surface area contributed by atoms with E-state index in [1.54, 1.807) is 0 Å². The van der Waals surface area contributed by atoms with Crippen LogP contribution in [0.2, 0.25) is 0 Å². The third-order valence-corrected chi connectivity index (χ3v) is 3.69. The van der Waals surface area contributed by atoms with E-state index in [4.69, 9.17) is 4.74 Å². The Balaban J connectivity index is 2.23. The summed E-state index contributed by atoms with van der Waals surface area (Å²) in [6, 6.07) is 0. The molecule has 1 aliphatic carbocycles. The average Bonchev–Trinajstić information content (AvgIpc) is 2.52. The number of carbonyl (C=O) groups is 1. The topological polar surface area (TPSA) is 26.3 Å². The second kappa shape index (κ2) is 4.91. The van der Waals surface area contributed by atoms with Gasteiger partial charge in [-0.1, -0.05) is 29.9 Å². The zero-order chi connectivity index (χ0) is 12.4. The minimum absolute atomic E-state index is 0.00611. The van der Waals surface area contributed by atoms with E-state index in [9.17, 15) is 4.79 Å². The average molecular weight is 232 g/mol. The smallest absolute Gasteiger partial charge is 0.334 e. The van der Waals surface area contributed by atoms with Gasteiger partial charge < -0.3 is 4.74 Å². The fourth-order valence-electron chi connectivity index (χ4n) is 2.53. The maximum atomic E-state index is 11.6. The highest BCUT2D eigenvalue weighted by atomic mass is 16.6. The van der Waals surface area contributed by atoms with Crippen LogP contribution in [0, 0.1) is 5.92 Å². The van der Waals surface area contributed by atoms with Crippen LogP contribution in [-0.2, 0) is 9.53 Å². The predicted octanol–water partition coefficient (Wildman–Crippen LogP) is 3.55. The van der Waals surface area contributed by atoms with Crippen molar-refractivity contribution < 1.29 is 9.53 Å². The molecule has 2 nitrogen and oxygen atoms in total. The Kier molecular flexibility index (Phi) is 3.51. The van der Waals surface area contributed by atoms with Crippen LogP contribution in [0.25, 0.3) is 0 Å². The van der Waals surface area contributed by atoms with E-state index < -0.39 is 0 Å². The zero-order valence-corrected chi connectivity index (χ0v) is 10.7. The maximum Gasteiger partial charge on any atom is 0.334 e. The molecule has 1 fully saturated rings. The van der Waals surface area contributed by atoms with Gasteiger partial charge >= 0.3 is 5.97 Å². The highest BCUT2D eigenvalue weighted by Gasteiger charge is 2.37. The molecule has 2 heteroatoms. The Bertz CT molecular complexity index is 401. The van der Waals surface area contributed by atoms with Crippen LogP contribution in [-0.4, -0.2) is 12.1 Å². The molecule has 0 aromatic rings. The quantitative estimate of drug-likeness (QED) is 0.363. The van der Waals surface area contributed by atoms with Crippen molar-refractivity contribution in [1.82, 2.24) is 0 Å². The van der Waals surface area contributed by atoms with Gasteiger partial charge in [-0.3, -0.25) is 0 Å². The van der Waals surface area contributed by atoms with Crippen molar-refractivity contribution in [3.05, 3.63) is 35.5 Å². The number of allylic oxidation sites excluding steroid dienone is 3. The van der Waals surface area contributed by atoms with Gasteiger partial charge in [-0.25, -0.2) is 4.79 Å². The first kappa shape index (κ1) is 12.2. The fourth-order valence-corrected chi connectivity index (χ4v) is 2.53. The second-order valence-electron chi connectivity index (χ2n) is 5.15. The molecule has 2 unspecified atom stereocenters. The standard InChI is InChI=1S/C15H20O2/c1-10-5-4-6-11(2)9-14-13(8-7-10)12(3)15(16)17-14/h6-7,13-14H,3-5,8-9H2,1-2H3/b10-7+,11-6?. The summed E-state index contributed by atoms with van der Waals surface area (Å²) in [5.74, 6) is -0.0444. The summed E-state index contributed by atoms with van der Waals surface area (Å²) in [7, 11) is 0. The Morgan fingerprint density at radius 2 is 2.06 bits per heavy atom. The van der Waals surface area contributed by atoms with Crippen molar-refractivity contribution >= 4 is 5.97 Å². The van der Waals surface area contributed by atoms with E-state index in [1.165, 1.54) is 11.1 Å². The lowest BCUT2D eigenvalue weighted by Crippen LogP contribution is -2.17. The van der Waals surface area contributed by atoms with E-state index in [0.29, 0.717) is 5.57 Å². The van der Waals surface area contributed by atoms with Crippen LogP contribution in [0.5, 0.6) is 0 Å². The summed E-state index contributed by atoms with van der Waals surface area (Å²) < 4.78 is 5.41. The van der Waals surface area contributed by atoms with Crippen molar-refractivity contribution in [3.63, 3.8) is 0 Å². The Morgan fingerprint density at radius 3 is 2.82 bits per heavy atom. The molecule has 0 aromatic heterocycles. The van der Waals surface area contributed by atoms with Gasteiger partial charge in [-0.05, 0) is 33.1 Å². The molecule has 2 aliphatic rings. The first-order valence-electron chi connectivity index (χ1n) is 6.29. The molecular weight excluding hydrogens is 212 g/mol. The lowest BCUT2D eigenvalue weighted by molar-refractivity contribution is -0.139. The summed E-state index contributed by atoms with van der Waals surface area (Å²) in [6.07, 6.45) is 8.41. The molecule has 1 saturated heterocycles. The Labute approximate surface area is 103 Å². The van der Waals surface area contributed by atoms with Gasteiger partial charge in [0.2, 0.25) is 0 Å². The predicted molar refractivity (Wildman–Crippen MR) is 68.5 cm³/mol. The zero-order valence-electron chi connectivity index (χ0n) is 10.7. The Morgan fingerprint density at radius 1 is 1.29 bits per heavy atom. The van der Waals surface area contributed by atoms with Gasteiger partial charge in [0.15, 0.2) is 0 Å². The molecule has 1 aliphatic heterocycles. The third-order valence-electron chi connectivity index (χ3n) is 3.69. The lowest BCUT2D eigenvalue weighted by atomic mass is 9.88. The van der Waals surface area contributed by atoms with Crippen LogP contribution < -0.4 is 0 Å². The summed E-state index contributed by atoms with van der Waals surface area (Å²) in [5.41, 5.74) is 3.35. The molecule has 0 spiro atoms. The number of hydrogen-bond donors (Lipinski definition) is 0. The van der Waals surface area contributed by atoms with Crippen LogP contribution in [0.15, 0.2) is 35.5 Å². The number of hydrogen-bond acceptors (Lipinski definition) is 2. The van der Waals surface area contributed by atoms with E-state index in [2.05, 4.69) is 32.6 Å². The second-order valence-corrected chi connectivity index (χ2v) is 5.15.